The van der Waals surface area contributed by atoms with Crippen LogP contribution in [0.1, 0.15) is 10.4 Å². The highest BCUT2D eigenvalue weighted by Crippen LogP contribution is 2.21. The maximum Gasteiger partial charge on any atom is 0.251 e. The number of aromatic nitrogens is 3. The minimum atomic E-state index is -0.140. The van der Waals surface area contributed by atoms with E-state index in [-0.39, 0.29) is 5.91 Å². The third-order valence-electron chi connectivity index (χ3n) is 4.33. The van der Waals surface area contributed by atoms with E-state index in [4.69, 9.17) is 4.74 Å². The Morgan fingerprint density at radius 2 is 1.60 bits per heavy atom. The number of carbonyl (C=O) groups is 1. The van der Waals surface area contributed by atoms with Gasteiger partial charge in [-0.2, -0.15) is 0 Å². The van der Waals surface area contributed by atoms with Crippen LogP contribution < -0.4 is 15.4 Å². The van der Waals surface area contributed by atoms with E-state index >= 15 is 0 Å². The molecule has 0 unspecified atom stereocenters. The normalized spacial score (nSPS) is 10.4. The standard InChI is InChI=1S/C23H21N5O2/c29-23(18-8-10-20(11-9-18)30-19-6-2-1-3-7-19)25-13-12-24-21-16-22(27-17-26-21)28-14-4-5-15-28/h1-11,14-17H,12-13H2,(H,25,29)(H,24,26,27). The molecule has 0 bridgehead atoms. The summed E-state index contributed by atoms with van der Waals surface area (Å²) >= 11 is 0. The molecule has 0 aliphatic carbocycles. The summed E-state index contributed by atoms with van der Waals surface area (Å²) in [7, 11) is 0. The lowest BCUT2D eigenvalue weighted by Crippen LogP contribution is -2.28. The Balaban J connectivity index is 1.24. The van der Waals surface area contributed by atoms with Crippen molar-refractivity contribution in [2.75, 3.05) is 18.4 Å². The van der Waals surface area contributed by atoms with Crippen LogP contribution in [0.4, 0.5) is 5.82 Å². The zero-order chi connectivity index (χ0) is 20.6. The maximum atomic E-state index is 12.3. The van der Waals surface area contributed by atoms with E-state index in [9.17, 15) is 4.79 Å². The van der Waals surface area contributed by atoms with E-state index in [2.05, 4.69) is 20.6 Å². The van der Waals surface area contributed by atoms with Crippen LogP contribution in [0.15, 0.2) is 91.5 Å². The molecule has 30 heavy (non-hydrogen) atoms. The third-order valence-corrected chi connectivity index (χ3v) is 4.33. The van der Waals surface area contributed by atoms with Gasteiger partial charge in [0.1, 0.15) is 29.5 Å². The fourth-order valence-electron chi connectivity index (χ4n) is 2.84. The SMILES string of the molecule is O=C(NCCNc1cc(-n2cccc2)ncn1)c1ccc(Oc2ccccc2)cc1. The Morgan fingerprint density at radius 1 is 0.867 bits per heavy atom. The molecule has 0 fully saturated rings. The molecule has 7 nitrogen and oxygen atoms in total. The number of carbonyl (C=O) groups excluding carboxylic acids is 1. The van der Waals surface area contributed by atoms with Gasteiger partial charge in [0.25, 0.3) is 5.91 Å². The summed E-state index contributed by atoms with van der Waals surface area (Å²) in [4.78, 5) is 20.8. The summed E-state index contributed by atoms with van der Waals surface area (Å²) in [5.41, 5.74) is 0.576. The molecule has 2 heterocycles. The summed E-state index contributed by atoms with van der Waals surface area (Å²) in [6.07, 6.45) is 5.35. The van der Waals surface area contributed by atoms with E-state index in [1.54, 1.807) is 24.3 Å². The molecule has 2 N–H and O–H groups in total. The molecule has 4 rings (SSSR count). The molecule has 1 amide bonds. The molecule has 0 saturated carbocycles. The first kappa shape index (κ1) is 19.2. The Bertz CT molecular complexity index is 1080. The quantitative estimate of drug-likeness (QED) is 0.439. The summed E-state index contributed by atoms with van der Waals surface area (Å²) in [5, 5.41) is 6.08. The topological polar surface area (TPSA) is 81.1 Å². The monoisotopic (exact) mass is 399 g/mol. The largest absolute Gasteiger partial charge is 0.457 e. The van der Waals surface area contributed by atoms with Gasteiger partial charge in [-0.15, -0.1) is 0 Å². The number of anilines is 1. The van der Waals surface area contributed by atoms with Gasteiger partial charge in [-0.25, -0.2) is 9.97 Å². The van der Waals surface area contributed by atoms with Crippen LogP contribution in [0.3, 0.4) is 0 Å². The molecule has 7 heteroatoms. The Kier molecular flexibility index (Phi) is 6.00. The lowest BCUT2D eigenvalue weighted by molar-refractivity contribution is 0.0955. The number of ether oxygens (including phenoxy) is 1. The first-order chi connectivity index (χ1) is 14.8. The molecule has 0 radical (unpaired) electrons. The summed E-state index contributed by atoms with van der Waals surface area (Å²) < 4.78 is 7.64. The highest BCUT2D eigenvalue weighted by atomic mass is 16.5. The number of para-hydroxylation sites is 1. The molecule has 0 atom stereocenters. The number of nitrogens with zero attached hydrogens (tertiary/aromatic N) is 3. The second-order valence-electron chi connectivity index (χ2n) is 6.47. The van der Waals surface area contributed by atoms with Crippen molar-refractivity contribution in [2.45, 2.75) is 0 Å². The van der Waals surface area contributed by atoms with Gasteiger partial charge >= 0.3 is 0 Å². The number of hydrogen-bond donors (Lipinski definition) is 2. The molecule has 2 aromatic heterocycles. The Hall–Kier alpha value is -4.13. The third kappa shape index (κ3) is 5.02. The van der Waals surface area contributed by atoms with Crippen molar-refractivity contribution in [1.29, 1.82) is 0 Å². The first-order valence-electron chi connectivity index (χ1n) is 9.58. The van der Waals surface area contributed by atoms with Crippen LogP contribution >= 0.6 is 0 Å². The lowest BCUT2D eigenvalue weighted by Gasteiger charge is -2.09. The van der Waals surface area contributed by atoms with E-state index in [1.165, 1.54) is 6.33 Å². The minimum Gasteiger partial charge on any atom is -0.457 e. The predicted molar refractivity (Wildman–Crippen MR) is 115 cm³/mol. The predicted octanol–water partition coefficient (Wildman–Crippen LogP) is 3.90. The molecule has 0 aliphatic rings. The van der Waals surface area contributed by atoms with Crippen molar-refractivity contribution in [3.8, 4) is 17.3 Å². The van der Waals surface area contributed by atoms with Crippen LogP contribution in [0.2, 0.25) is 0 Å². The number of amides is 1. The summed E-state index contributed by atoms with van der Waals surface area (Å²) in [5.74, 6) is 2.77. The van der Waals surface area contributed by atoms with Gasteiger partial charge in [-0.1, -0.05) is 18.2 Å². The van der Waals surface area contributed by atoms with E-state index in [1.807, 2.05) is 65.5 Å². The zero-order valence-corrected chi connectivity index (χ0v) is 16.2. The molecule has 150 valence electrons. The minimum absolute atomic E-state index is 0.140. The van der Waals surface area contributed by atoms with Gasteiger partial charge in [-0.05, 0) is 48.5 Å². The second kappa shape index (κ2) is 9.38. The van der Waals surface area contributed by atoms with Crippen molar-refractivity contribution < 1.29 is 9.53 Å². The molecular formula is C23H21N5O2. The van der Waals surface area contributed by atoms with Gasteiger partial charge in [-0.3, -0.25) is 4.79 Å². The van der Waals surface area contributed by atoms with Gasteiger partial charge in [0.2, 0.25) is 0 Å². The van der Waals surface area contributed by atoms with Crippen LogP contribution in [-0.4, -0.2) is 33.5 Å². The zero-order valence-electron chi connectivity index (χ0n) is 16.2. The van der Waals surface area contributed by atoms with Crippen molar-refractivity contribution in [2.24, 2.45) is 0 Å². The van der Waals surface area contributed by atoms with E-state index in [0.29, 0.717) is 30.2 Å². The highest BCUT2D eigenvalue weighted by molar-refractivity contribution is 5.94. The van der Waals surface area contributed by atoms with Crippen LogP contribution in [0.25, 0.3) is 5.82 Å². The van der Waals surface area contributed by atoms with E-state index in [0.717, 1.165) is 11.6 Å². The molecule has 0 spiro atoms. The Morgan fingerprint density at radius 3 is 2.37 bits per heavy atom. The molecule has 4 aromatic rings. The van der Waals surface area contributed by atoms with Crippen LogP contribution in [-0.2, 0) is 0 Å². The molecule has 2 aromatic carbocycles. The van der Waals surface area contributed by atoms with Gasteiger partial charge in [0.05, 0.1) is 0 Å². The first-order valence-corrected chi connectivity index (χ1v) is 9.58. The molecular weight excluding hydrogens is 378 g/mol. The Labute approximate surface area is 174 Å². The number of hydrogen-bond acceptors (Lipinski definition) is 5. The summed E-state index contributed by atoms with van der Waals surface area (Å²) in [6.45, 7) is 1.01. The van der Waals surface area contributed by atoms with Crippen LogP contribution in [0.5, 0.6) is 11.5 Å². The maximum absolute atomic E-state index is 12.3. The van der Waals surface area contributed by atoms with Crippen molar-refractivity contribution >= 4 is 11.7 Å². The average Bonchev–Trinajstić information content (AvgIpc) is 3.33. The smallest absolute Gasteiger partial charge is 0.251 e. The molecule has 0 aliphatic heterocycles. The number of benzene rings is 2. The average molecular weight is 399 g/mol. The second-order valence-corrected chi connectivity index (χ2v) is 6.47. The summed E-state index contributed by atoms with van der Waals surface area (Å²) in [6, 6.07) is 22.3. The number of nitrogens with one attached hydrogen (secondary N) is 2. The molecule has 0 saturated heterocycles. The van der Waals surface area contributed by atoms with E-state index < -0.39 is 0 Å². The number of rotatable bonds is 8. The van der Waals surface area contributed by atoms with Gasteiger partial charge in [0, 0.05) is 37.1 Å². The highest BCUT2D eigenvalue weighted by Gasteiger charge is 2.06. The van der Waals surface area contributed by atoms with Crippen LogP contribution in [0, 0.1) is 0 Å². The fourth-order valence-corrected chi connectivity index (χ4v) is 2.84. The van der Waals surface area contributed by atoms with Crippen molar-refractivity contribution in [3.63, 3.8) is 0 Å². The van der Waals surface area contributed by atoms with Crippen molar-refractivity contribution in [3.05, 3.63) is 97.1 Å². The fraction of sp³-hybridized carbons (Fsp3) is 0.0870. The lowest BCUT2D eigenvalue weighted by atomic mass is 10.2. The van der Waals surface area contributed by atoms with Crippen molar-refractivity contribution in [1.82, 2.24) is 19.9 Å². The van der Waals surface area contributed by atoms with Gasteiger partial charge in [0.15, 0.2) is 0 Å². The van der Waals surface area contributed by atoms with Gasteiger partial charge < -0.3 is 19.9 Å².